The van der Waals surface area contributed by atoms with E-state index in [0.717, 1.165) is 53.8 Å². The Kier molecular flexibility index (Phi) is 7.59. The second-order valence-corrected chi connectivity index (χ2v) is 9.17. The number of aromatic nitrogens is 1. The summed E-state index contributed by atoms with van der Waals surface area (Å²) in [6.45, 7) is 3.49. The molecule has 0 atom stereocenters. The van der Waals surface area contributed by atoms with Gasteiger partial charge in [-0.3, -0.25) is 4.79 Å². The highest BCUT2D eigenvalue weighted by atomic mass is 32.1. The quantitative estimate of drug-likeness (QED) is 0.480. The third-order valence-corrected chi connectivity index (χ3v) is 6.92. The average molecular weight is 448 g/mol. The fourth-order valence-electron chi connectivity index (χ4n) is 4.64. The molecule has 1 heterocycles. The van der Waals surface area contributed by atoms with E-state index < -0.39 is 0 Å². The normalized spacial score (nSPS) is 14.4. The maximum absolute atomic E-state index is 12.9. The minimum absolute atomic E-state index is 0.0188. The van der Waals surface area contributed by atoms with Crippen LogP contribution in [0.3, 0.4) is 0 Å². The summed E-state index contributed by atoms with van der Waals surface area (Å²) in [6.07, 6.45) is 7.90. The van der Waals surface area contributed by atoms with E-state index in [2.05, 4.69) is 64.6 Å². The van der Waals surface area contributed by atoms with Crippen LogP contribution in [0.4, 0.5) is 0 Å². The zero-order valence-corrected chi connectivity index (χ0v) is 19.7. The molecule has 0 saturated heterocycles. The molecule has 5 heteroatoms. The molecule has 0 aliphatic heterocycles. The van der Waals surface area contributed by atoms with Crippen LogP contribution in [0.15, 0.2) is 59.4 Å². The van der Waals surface area contributed by atoms with Crippen molar-refractivity contribution in [2.24, 2.45) is 0 Å². The lowest BCUT2D eigenvalue weighted by molar-refractivity contribution is 0.234. The van der Waals surface area contributed by atoms with Gasteiger partial charge >= 0.3 is 0 Å². The number of aromatic amines is 1. The molecule has 0 spiro atoms. The summed E-state index contributed by atoms with van der Waals surface area (Å²) in [7, 11) is 0. The van der Waals surface area contributed by atoms with Crippen LogP contribution in [0.2, 0.25) is 0 Å². The fourth-order valence-corrected chi connectivity index (χ4v) is 4.96. The summed E-state index contributed by atoms with van der Waals surface area (Å²) in [5.74, 6) is 0. The van der Waals surface area contributed by atoms with Gasteiger partial charge in [0.05, 0.1) is 6.54 Å². The van der Waals surface area contributed by atoms with Crippen molar-refractivity contribution in [2.75, 3.05) is 6.54 Å². The number of nitrogens with zero attached hydrogens (tertiary/aromatic N) is 1. The standard InChI is InChI=1S/C27H33N3OS/c1-2-20-13-14-25-22(17-20)18-23(26(31)29-25)19-30(24-11-7-4-8-12-24)27(32)28-16-15-21-9-5-3-6-10-21/h3,5-6,9-10,13-14,17-18,24H,2,4,7-8,11-12,15-16,19H2,1H3,(H,28,32)(H,29,31). The van der Waals surface area contributed by atoms with E-state index in [1.165, 1.54) is 30.4 Å². The van der Waals surface area contributed by atoms with Crippen molar-refractivity contribution >= 4 is 28.2 Å². The van der Waals surface area contributed by atoms with E-state index >= 15 is 0 Å². The highest BCUT2D eigenvalue weighted by molar-refractivity contribution is 7.80. The van der Waals surface area contributed by atoms with Crippen molar-refractivity contribution < 1.29 is 0 Å². The Morgan fingerprint density at radius 3 is 2.59 bits per heavy atom. The van der Waals surface area contributed by atoms with Crippen molar-refractivity contribution in [2.45, 2.75) is 64.5 Å². The third kappa shape index (κ3) is 5.57. The van der Waals surface area contributed by atoms with E-state index in [4.69, 9.17) is 12.2 Å². The van der Waals surface area contributed by atoms with Crippen LogP contribution >= 0.6 is 12.2 Å². The molecule has 4 nitrogen and oxygen atoms in total. The number of H-pyrrole nitrogens is 1. The molecule has 4 rings (SSSR count). The Labute approximate surface area is 196 Å². The first-order chi connectivity index (χ1) is 15.6. The van der Waals surface area contributed by atoms with Gasteiger partial charge in [-0.1, -0.05) is 62.6 Å². The highest BCUT2D eigenvalue weighted by Gasteiger charge is 2.24. The van der Waals surface area contributed by atoms with Crippen LogP contribution < -0.4 is 10.9 Å². The molecule has 0 amide bonds. The first kappa shape index (κ1) is 22.5. The van der Waals surface area contributed by atoms with E-state index in [1.807, 2.05) is 12.1 Å². The maximum Gasteiger partial charge on any atom is 0.253 e. The number of pyridine rings is 1. The maximum atomic E-state index is 12.9. The van der Waals surface area contributed by atoms with Crippen molar-refractivity contribution in [3.63, 3.8) is 0 Å². The minimum Gasteiger partial charge on any atom is -0.362 e. The molecule has 1 aliphatic rings. The Balaban J connectivity index is 1.53. The number of fused-ring (bicyclic) bond motifs is 1. The average Bonchev–Trinajstić information content (AvgIpc) is 2.83. The van der Waals surface area contributed by atoms with Crippen LogP contribution in [0.5, 0.6) is 0 Å². The molecular weight excluding hydrogens is 414 g/mol. The number of rotatable bonds is 7. The second kappa shape index (κ2) is 10.8. The van der Waals surface area contributed by atoms with E-state index in [0.29, 0.717) is 12.6 Å². The molecule has 0 bridgehead atoms. The zero-order valence-electron chi connectivity index (χ0n) is 18.9. The SMILES string of the molecule is CCc1ccc2[nH]c(=O)c(CN(C(=S)NCCc3ccccc3)C3CCCCC3)cc2c1. The molecule has 2 N–H and O–H groups in total. The van der Waals surface area contributed by atoms with Gasteiger partial charge < -0.3 is 15.2 Å². The summed E-state index contributed by atoms with van der Waals surface area (Å²) >= 11 is 5.85. The van der Waals surface area contributed by atoms with Crippen molar-refractivity contribution in [1.29, 1.82) is 0 Å². The van der Waals surface area contributed by atoms with E-state index in [-0.39, 0.29) is 5.56 Å². The Morgan fingerprint density at radius 1 is 1.06 bits per heavy atom. The largest absolute Gasteiger partial charge is 0.362 e. The van der Waals surface area contributed by atoms with Gasteiger partial charge in [-0.15, -0.1) is 0 Å². The van der Waals surface area contributed by atoms with Crippen LogP contribution in [0, 0.1) is 0 Å². The van der Waals surface area contributed by atoms with Gasteiger partial charge in [0.25, 0.3) is 5.56 Å². The smallest absolute Gasteiger partial charge is 0.253 e. The Bertz CT molecular complexity index is 1100. The molecule has 1 aliphatic carbocycles. The molecule has 1 saturated carbocycles. The van der Waals surface area contributed by atoms with Gasteiger partial charge in [-0.05, 0) is 72.6 Å². The van der Waals surface area contributed by atoms with Crippen LogP contribution in [0.25, 0.3) is 10.9 Å². The van der Waals surface area contributed by atoms with E-state index in [1.54, 1.807) is 0 Å². The zero-order chi connectivity index (χ0) is 22.3. The number of thiocarbonyl (C=S) groups is 1. The van der Waals surface area contributed by atoms with Crippen LogP contribution in [-0.4, -0.2) is 27.6 Å². The van der Waals surface area contributed by atoms with Crippen molar-refractivity contribution in [1.82, 2.24) is 15.2 Å². The summed E-state index contributed by atoms with van der Waals surface area (Å²) in [4.78, 5) is 18.2. The minimum atomic E-state index is -0.0188. The van der Waals surface area contributed by atoms with Gasteiger partial charge in [0, 0.05) is 23.7 Å². The molecule has 0 unspecified atom stereocenters. The lowest BCUT2D eigenvalue weighted by Gasteiger charge is -2.36. The predicted molar refractivity (Wildman–Crippen MR) is 137 cm³/mol. The molecule has 1 aromatic heterocycles. The van der Waals surface area contributed by atoms with Crippen molar-refractivity contribution in [3.8, 4) is 0 Å². The summed E-state index contributed by atoms with van der Waals surface area (Å²) < 4.78 is 0. The number of aryl methyl sites for hydroxylation is 1. The fraction of sp³-hybridized carbons (Fsp3) is 0.407. The third-order valence-electron chi connectivity index (χ3n) is 6.54. The second-order valence-electron chi connectivity index (χ2n) is 8.79. The summed E-state index contributed by atoms with van der Waals surface area (Å²) in [5, 5.41) is 5.32. The molecule has 168 valence electrons. The lowest BCUT2D eigenvalue weighted by Crippen LogP contribution is -2.47. The predicted octanol–water partition coefficient (Wildman–Crippen LogP) is 5.34. The van der Waals surface area contributed by atoms with E-state index in [9.17, 15) is 4.79 Å². The Morgan fingerprint density at radius 2 is 1.84 bits per heavy atom. The molecule has 0 radical (unpaired) electrons. The number of hydrogen-bond acceptors (Lipinski definition) is 2. The van der Waals surface area contributed by atoms with Crippen LogP contribution in [-0.2, 0) is 19.4 Å². The van der Waals surface area contributed by atoms with Gasteiger partial charge in [0.1, 0.15) is 0 Å². The first-order valence-electron chi connectivity index (χ1n) is 11.9. The molecule has 1 fully saturated rings. The van der Waals surface area contributed by atoms with Crippen LogP contribution in [0.1, 0.15) is 55.7 Å². The first-order valence-corrected chi connectivity index (χ1v) is 12.3. The van der Waals surface area contributed by atoms with Crippen molar-refractivity contribution in [3.05, 3.63) is 81.6 Å². The number of benzene rings is 2. The molecular formula is C27H33N3OS. The lowest BCUT2D eigenvalue weighted by atomic mass is 9.94. The molecule has 2 aromatic carbocycles. The molecule has 32 heavy (non-hydrogen) atoms. The van der Waals surface area contributed by atoms with Gasteiger partial charge in [0.15, 0.2) is 5.11 Å². The summed E-state index contributed by atoms with van der Waals surface area (Å²) in [5.41, 5.74) is 4.23. The summed E-state index contributed by atoms with van der Waals surface area (Å²) in [6, 6.07) is 19.2. The van der Waals surface area contributed by atoms with Gasteiger partial charge in [-0.25, -0.2) is 0 Å². The highest BCUT2D eigenvalue weighted by Crippen LogP contribution is 2.24. The number of nitrogens with one attached hydrogen (secondary N) is 2. The topological polar surface area (TPSA) is 48.1 Å². The van der Waals surface area contributed by atoms with Gasteiger partial charge in [-0.2, -0.15) is 0 Å². The van der Waals surface area contributed by atoms with Gasteiger partial charge in [0.2, 0.25) is 0 Å². The number of hydrogen-bond donors (Lipinski definition) is 2. The molecule has 3 aromatic rings. The monoisotopic (exact) mass is 447 g/mol. The Hall–Kier alpha value is -2.66.